The lowest BCUT2D eigenvalue weighted by molar-refractivity contribution is -0.115. The number of amides is 1. The number of hydrogen-bond donors (Lipinski definition) is 2. The molecule has 0 fully saturated rings. The molecule has 8 nitrogen and oxygen atoms in total. The van der Waals surface area contributed by atoms with Gasteiger partial charge in [-0.1, -0.05) is 30.8 Å². The van der Waals surface area contributed by atoms with Crippen molar-refractivity contribution in [3.05, 3.63) is 58.9 Å². The molecule has 0 aliphatic carbocycles. The third-order valence-corrected chi connectivity index (χ3v) is 6.64. The third kappa shape index (κ3) is 4.66. The molecule has 1 amide bonds. The Morgan fingerprint density at radius 3 is 2.48 bits per heavy atom. The number of nitrogens with zero attached hydrogens (tertiary/aromatic N) is 2. The van der Waals surface area contributed by atoms with Gasteiger partial charge in [0.05, 0.1) is 21.0 Å². The number of primary sulfonamides is 1. The van der Waals surface area contributed by atoms with Gasteiger partial charge < -0.3 is 5.32 Å². The van der Waals surface area contributed by atoms with E-state index in [2.05, 4.69) is 10.3 Å². The Morgan fingerprint density at radius 2 is 1.86 bits per heavy atom. The van der Waals surface area contributed by atoms with Crippen LogP contribution in [-0.4, -0.2) is 29.1 Å². The van der Waals surface area contributed by atoms with Crippen molar-refractivity contribution in [1.29, 1.82) is 0 Å². The summed E-state index contributed by atoms with van der Waals surface area (Å²) in [5.74, 6) is -0.275. The first-order valence-electron chi connectivity index (χ1n) is 8.77. The Bertz CT molecular complexity index is 1220. The average molecular weight is 433 g/mol. The van der Waals surface area contributed by atoms with Crippen molar-refractivity contribution in [2.24, 2.45) is 12.2 Å². The quantitative estimate of drug-likeness (QED) is 0.454. The number of aromatic nitrogens is 2. The van der Waals surface area contributed by atoms with Crippen molar-refractivity contribution in [2.75, 3.05) is 5.32 Å². The number of hydrogen-bond acceptors (Lipinski definition) is 6. The molecule has 0 aliphatic rings. The van der Waals surface area contributed by atoms with Gasteiger partial charge in [-0.15, -0.1) is 0 Å². The summed E-state index contributed by atoms with van der Waals surface area (Å²) in [4.78, 5) is 29.7. The molecule has 152 valence electrons. The minimum atomic E-state index is -3.79. The van der Waals surface area contributed by atoms with E-state index in [4.69, 9.17) is 5.14 Å². The molecule has 0 spiro atoms. The van der Waals surface area contributed by atoms with Crippen molar-refractivity contribution >= 4 is 44.3 Å². The fraction of sp³-hybridized carbons (Fsp3) is 0.211. The molecule has 0 bridgehead atoms. The minimum Gasteiger partial charge on any atom is -0.325 e. The van der Waals surface area contributed by atoms with E-state index in [0.29, 0.717) is 28.2 Å². The number of para-hydroxylation sites is 1. The van der Waals surface area contributed by atoms with Crippen LogP contribution in [0.4, 0.5) is 5.69 Å². The van der Waals surface area contributed by atoms with Gasteiger partial charge in [0.1, 0.15) is 0 Å². The van der Waals surface area contributed by atoms with Gasteiger partial charge in [0.25, 0.3) is 5.56 Å². The molecule has 3 rings (SSSR count). The number of anilines is 1. The first-order valence-corrected chi connectivity index (χ1v) is 11.2. The zero-order chi connectivity index (χ0) is 21.2. The van der Waals surface area contributed by atoms with Crippen LogP contribution in [0.5, 0.6) is 0 Å². The number of sulfonamides is 1. The summed E-state index contributed by atoms with van der Waals surface area (Å²) in [7, 11) is -2.17. The molecule has 1 unspecified atom stereocenters. The number of nitrogens with two attached hydrogens (primary N) is 1. The highest BCUT2D eigenvalue weighted by atomic mass is 32.2. The van der Waals surface area contributed by atoms with Crippen molar-refractivity contribution in [1.82, 2.24) is 9.55 Å². The Morgan fingerprint density at radius 1 is 1.21 bits per heavy atom. The van der Waals surface area contributed by atoms with E-state index in [1.54, 1.807) is 31.3 Å². The van der Waals surface area contributed by atoms with Crippen molar-refractivity contribution in [3.63, 3.8) is 0 Å². The maximum Gasteiger partial charge on any atom is 0.261 e. The van der Waals surface area contributed by atoms with Gasteiger partial charge in [0, 0.05) is 12.7 Å². The number of carbonyl (C=O) groups excluding carboxylic acids is 1. The van der Waals surface area contributed by atoms with Crippen LogP contribution in [0.2, 0.25) is 0 Å². The number of thioether (sulfide) groups is 1. The van der Waals surface area contributed by atoms with Gasteiger partial charge >= 0.3 is 0 Å². The molecule has 0 aliphatic heterocycles. The van der Waals surface area contributed by atoms with Gasteiger partial charge in [0.2, 0.25) is 15.9 Å². The smallest absolute Gasteiger partial charge is 0.261 e. The number of rotatable bonds is 6. The first-order chi connectivity index (χ1) is 13.7. The summed E-state index contributed by atoms with van der Waals surface area (Å²) in [5.41, 5.74) is 0.848. The fourth-order valence-corrected chi connectivity index (χ4v) is 4.20. The lowest BCUT2D eigenvalue weighted by Crippen LogP contribution is -2.27. The maximum absolute atomic E-state index is 12.7. The van der Waals surface area contributed by atoms with E-state index in [-0.39, 0.29) is 16.4 Å². The predicted octanol–water partition coefficient (Wildman–Crippen LogP) is 2.09. The highest BCUT2D eigenvalue weighted by molar-refractivity contribution is 8.00. The molecule has 1 atom stereocenters. The molecule has 29 heavy (non-hydrogen) atoms. The van der Waals surface area contributed by atoms with Crippen LogP contribution in [0.15, 0.2) is 63.4 Å². The van der Waals surface area contributed by atoms with Crippen molar-refractivity contribution in [3.8, 4) is 0 Å². The van der Waals surface area contributed by atoms with E-state index in [1.165, 1.54) is 40.6 Å². The number of nitrogens with one attached hydrogen (secondary N) is 1. The van der Waals surface area contributed by atoms with Crippen LogP contribution in [0, 0.1) is 0 Å². The summed E-state index contributed by atoms with van der Waals surface area (Å²) in [6, 6.07) is 12.7. The average Bonchev–Trinajstić information content (AvgIpc) is 2.69. The minimum absolute atomic E-state index is 0.0349. The predicted molar refractivity (Wildman–Crippen MR) is 113 cm³/mol. The van der Waals surface area contributed by atoms with Crippen LogP contribution in [0.3, 0.4) is 0 Å². The van der Waals surface area contributed by atoms with Gasteiger partial charge in [-0.25, -0.2) is 18.5 Å². The Hall–Kier alpha value is -2.69. The maximum atomic E-state index is 12.7. The van der Waals surface area contributed by atoms with Crippen LogP contribution in [0.1, 0.15) is 13.3 Å². The Kier molecular flexibility index (Phi) is 6.06. The summed E-state index contributed by atoms with van der Waals surface area (Å²) >= 11 is 1.20. The largest absolute Gasteiger partial charge is 0.325 e. The van der Waals surface area contributed by atoms with Gasteiger partial charge in [0.15, 0.2) is 5.16 Å². The fourth-order valence-electron chi connectivity index (χ4n) is 2.70. The van der Waals surface area contributed by atoms with E-state index in [9.17, 15) is 18.0 Å². The molecule has 3 aromatic rings. The molecule has 0 radical (unpaired) electrons. The van der Waals surface area contributed by atoms with E-state index in [0.717, 1.165) is 0 Å². The van der Waals surface area contributed by atoms with E-state index < -0.39 is 15.3 Å². The topological polar surface area (TPSA) is 124 Å². The highest BCUT2D eigenvalue weighted by Gasteiger charge is 2.21. The molecule has 1 aromatic heterocycles. The van der Waals surface area contributed by atoms with Gasteiger partial charge in [-0.05, 0) is 42.8 Å². The molecular weight excluding hydrogens is 412 g/mol. The normalized spacial score (nSPS) is 12.7. The zero-order valence-corrected chi connectivity index (χ0v) is 17.5. The highest BCUT2D eigenvalue weighted by Crippen LogP contribution is 2.25. The SMILES string of the molecule is CCC(Sc1nc2ccccc2c(=O)n1C)C(=O)Nc1ccc(S(N)(=O)=O)cc1. The second-order valence-corrected chi connectivity index (χ2v) is 9.08. The molecular formula is C19H20N4O4S2. The standard InChI is InChI=1S/C19H20N4O4S2/c1-3-16(17(24)21-12-8-10-13(11-9-12)29(20,26)27)28-19-22-15-7-5-4-6-14(15)18(25)23(19)2/h4-11,16H,3H2,1-2H3,(H,21,24)(H2,20,26,27). The monoisotopic (exact) mass is 432 g/mol. The summed E-state index contributed by atoms with van der Waals surface area (Å²) in [6.45, 7) is 1.86. The molecule has 1 heterocycles. The zero-order valence-electron chi connectivity index (χ0n) is 15.8. The second-order valence-electron chi connectivity index (χ2n) is 6.35. The summed E-state index contributed by atoms with van der Waals surface area (Å²) in [5, 5.41) is 8.30. The van der Waals surface area contributed by atoms with Crippen LogP contribution in [0.25, 0.3) is 10.9 Å². The number of benzene rings is 2. The Balaban J connectivity index is 1.81. The van der Waals surface area contributed by atoms with Crippen LogP contribution >= 0.6 is 11.8 Å². The van der Waals surface area contributed by atoms with E-state index >= 15 is 0 Å². The van der Waals surface area contributed by atoms with Gasteiger partial charge in [-0.3, -0.25) is 14.2 Å². The van der Waals surface area contributed by atoms with Gasteiger partial charge in [-0.2, -0.15) is 0 Å². The number of fused-ring (bicyclic) bond motifs is 1. The summed E-state index contributed by atoms with van der Waals surface area (Å²) < 4.78 is 24.1. The van der Waals surface area contributed by atoms with Crippen molar-refractivity contribution < 1.29 is 13.2 Å². The van der Waals surface area contributed by atoms with Crippen molar-refractivity contribution in [2.45, 2.75) is 28.6 Å². The molecule has 3 N–H and O–H groups in total. The molecule has 10 heteroatoms. The second kappa shape index (κ2) is 8.36. The lowest BCUT2D eigenvalue weighted by atomic mass is 10.2. The molecule has 2 aromatic carbocycles. The Labute approximate surface area is 172 Å². The molecule has 0 saturated carbocycles. The number of carbonyl (C=O) groups is 1. The van der Waals surface area contributed by atoms with Crippen LogP contribution < -0.4 is 16.0 Å². The lowest BCUT2D eigenvalue weighted by Gasteiger charge is -2.16. The van der Waals surface area contributed by atoms with Crippen LogP contribution in [-0.2, 0) is 21.9 Å². The molecule has 0 saturated heterocycles. The summed E-state index contributed by atoms with van der Waals surface area (Å²) in [6.07, 6.45) is 0.508. The van der Waals surface area contributed by atoms with E-state index in [1.807, 2.05) is 6.92 Å². The third-order valence-electron chi connectivity index (χ3n) is 4.30. The first kappa shape index (κ1) is 21.0.